The highest BCUT2D eigenvalue weighted by molar-refractivity contribution is 7.91. The zero-order valence-electron chi connectivity index (χ0n) is 12.0. The number of hydrogen-bond acceptors (Lipinski definition) is 3. The van der Waals surface area contributed by atoms with Gasteiger partial charge in [0.25, 0.3) is 0 Å². The highest BCUT2D eigenvalue weighted by atomic mass is 32.2. The predicted molar refractivity (Wildman–Crippen MR) is 80.9 cm³/mol. The second kappa shape index (κ2) is 4.74. The van der Waals surface area contributed by atoms with Crippen LogP contribution in [-0.4, -0.2) is 29.0 Å². The van der Waals surface area contributed by atoms with Gasteiger partial charge in [-0.2, -0.15) is 0 Å². The van der Waals surface area contributed by atoms with Crippen LogP contribution in [0.2, 0.25) is 0 Å². The summed E-state index contributed by atoms with van der Waals surface area (Å²) in [4.78, 5) is 14.3. The molecule has 0 radical (unpaired) electrons. The standard InChI is InChI=1S/C15H14N2O4S/c1-9-14(8-13(15(18)19)17(9)2)22(20,21)11-3-4-12-10(7-11)5-6-16-12/h3-8,16H,1-2H3,(H,18,19). The second-order valence-electron chi connectivity index (χ2n) is 5.07. The first-order valence-electron chi connectivity index (χ1n) is 6.54. The first-order valence-corrected chi connectivity index (χ1v) is 8.02. The molecule has 0 unspecified atom stereocenters. The third-order valence-corrected chi connectivity index (χ3v) is 5.70. The summed E-state index contributed by atoms with van der Waals surface area (Å²) in [5.74, 6) is -1.16. The van der Waals surface area contributed by atoms with Crippen molar-refractivity contribution in [2.45, 2.75) is 16.7 Å². The fourth-order valence-corrected chi connectivity index (χ4v) is 4.05. The van der Waals surface area contributed by atoms with Crippen LogP contribution >= 0.6 is 0 Å². The molecule has 3 rings (SSSR count). The number of carboxylic acids is 1. The van der Waals surface area contributed by atoms with Crippen molar-refractivity contribution < 1.29 is 18.3 Å². The van der Waals surface area contributed by atoms with Gasteiger partial charge >= 0.3 is 5.97 Å². The molecular formula is C15H14N2O4S. The van der Waals surface area contributed by atoms with Gasteiger partial charge in [-0.25, -0.2) is 13.2 Å². The number of hydrogen-bond donors (Lipinski definition) is 2. The second-order valence-corrected chi connectivity index (χ2v) is 6.99. The van der Waals surface area contributed by atoms with E-state index in [1.54, 1.807) is 31.3 Å². The molecule has 114 valence electrons. The number of benzene rings is 1. The number of aromatic nitrogens is 2. The van der Waals surface area contributed by atoms with Gasteiger partial charge in [-0.3, -0.25) is 0 Å². The molecule has 0 fully saturated rings. The van der Waals surface area contributed by atoms with E-state index in [1.807, 2.05) is 0 Å². The van der Waals surface area contributed by atoms with Crippen LogP contribution in [0.3, 0.4) is 0 Å². The number of aromatic amines is 1. The van der Waals surface area contributed by atoms with Crippen molar-refractivity contribution in [2.75, 3.05) is 0 Å². The van der Waals surface area contributed by atoms with Gasteiger partial charge in [-0.05, 0) is 37.3 Å². The summed E-state index contributed by atoms with van der Waals surface area (Å²) < 4.78 is 26.9. The molecule has 0 bridgehead atoms. The van der Waals surface area contributed by atoms with Gasteiger partial charge in [0, 0.05) is 29.8 Å². The van der Waals surface area contributed by atoms with Gasteiger partial charge in [0.2, 0.25) is 9.84 Å². The van der Waals surface area contributed by atoms with E-state index in [9.17, 15) is 13.2 Å². The van der Waals surface area contributed by atoms with Crippen molar-refractivity contribution >= 4 is 26.7 Å². The molecule has 1 aromatic carbocycles. The maximum atomic E-state index is 12.8. The smallest absolute Gasteiger partial charge is 0.352 e. The number of fused-ring (bicyclic) bond motifs is 1. The Morgan fingerprint density at radius 3 is 2.59 bits per heavy atom. The van der Waals surface area contributed by atoms with Gasteiger partial charge in [0.1, 0.15) is 5.69 Å². The summed E-state index contributed by atoms with van der Waals surface area (Å²) in [5, 5.41) is 9.92. The van der Waals surface area contributed by atoms with Crippen molar-refractivity contribution in [3.8, 4) is 0 Å². The zero-order chi connectivity index (χ0) is 16.1. The van der Waals surface area contributed by atoms with Gasteiger partial charge in [0.05, 0.1) is 9.79 Å². The van der Waals surface area contributed by atoms with E-state index in [-0.39, 0.29) is 15.5 Å². The summed E-state index contributed by atoms with van der Waals surface area (Å²) in [6.45, 7) is 1.59. The number of rotatable bonds is 3. The molecule has 0 aliphatic rings. The van der Waals surface area contributed by atoms with E-state index < -0.39 is 15.8 Å². The predicted octanol–water partition coefficient (Wildman–Crippen LogP) is 2.35. The molecule has 7 heteroatoms. The lowest BCUT2D eigenvalue weighted by atomic mass is 10.2. The molecule has 0 aliphatic carbocycles. The van der Waals surface area contributed by atoms with Gasteiger partial charge < -0.3 is 14.7 Å². The molecule has 0 atom stereocenters. The average molecular weight is 318 g/mol. The number of carbonyl (C=O) groups is 1. The number of carboxylic acid groups (broad SMARTS) is 1. The summed E-state index contributed by atoms with van der Waals surface area (Å²) >= 11 is 0. The Kier molecular flexibility index (Phi) is 3.10. The highest BCUT2D eigenvalue weighted by Gasteiger charge is 2.26. The maximum Gasteiger partial charge on any atom is 0.352 e. The van der Waals surface area contributed by atoms with Gasteiger partial charge in [-0.15, -0.1) is 0 Å². The van der Waals surface area contributed by atoms with E-state index in [2.05, 4.69) is 4.98 Å². The Labute approximate surface area is 126 Å². The Morgan fingerprint density at radius 1 is 1.23 bits per heavy atom. The molecule has 22 heavy (non-hydrogen) atoms. The number of aromatic carboxylic acids is 1. The third-order valence-electron chi connectivity index (χ3n) is 3.83. The summed E-state index contributed by atoms with van der Waals surface area (Å²) in [5.41, 5.74) is 1.18. The first-order chi connectivity index (χ1) is 10.3. The van der Waals surface area contributed by atoms with Crippen molar-refractivity contribution in [1.82, 2.24) is 9.55 Å². The molecule has 2 aromatic heterocycles. The summed E-state index contributed by atoms with van der Waals surface area (Å²) in [6, 6.07) is 7.77. The van der Waals surface area contributed by atoms with Crippen LogP contribution in [0.5, 0.6) is 0 Å². The molecule has 6 nitrogen and oxygen atoms in total. The van der Waals surface area contributed by atoms with Crippen LogP contribution < -0.4 is 0 Å². The highest BCUT2D eigenvalue weighted by Crippen LogP contribution is 2.28. The average Bonchev–Trinajstić information content (AvgIpc) is 3.04. The van der Waals surface area contributed by atoms with E-state index in [4.69, 9.17) is 5.11 Å². The monoisotopic (exact) mass is 318 g/mol. The van der Waals surface area contributed by atoms with Crippen LogP contribution in [0.15, 0.2) is 46.3 Å². The number of nitrogens with zero attached hydrogens (tertiary/aromatic N) is 1. The lowest BCUT2D eigenvalue weighted by Crippen LogP contribution is -2.05. The maximum absolute atomic E-state index is 12.8. The normalized spacial score (nSPS) is 11.9. The number of nitrogens with one attached hydrogen (secondary N) is 1. The van der Waals surface area contributed by atoms with Crippen molar-refractivity contribution in [1.29, 1.82) is 0 Å². The minimum atomic E-state index is -3.77. The van der Waals surface area contributed by atoms with Crippen LogP contribution in [0.25, 0.3) is 10.9 Å². The van der Waals surface area contributed by atoms with Crippen LogP contribution in [-0.2, 0) is 16.9 Å². The topological polar surface area (TPSA) is 92.2 Å². The minimum Gasteiger partial charge on any atom is -0.477 e. The quantitative estimate of drug-likeness (QED) is 0.775. The number of H-pyrrole nitrogens is 1. The molecule has 0 aliphatic heterocycles. The Morgan fingerprint density at radius 2 is 1.95 bits per heavy atom. The molecule has 2 N–H and O–H groups in total. The van der Waals surface area contributed by atoms with Gasteiger partial charge in [-0.1, -0.05) is 0 Å². The SMILES string of the molecule is Cc1c(S(=O)(=O)c2ccc3[nH]ccc3c2)cc(C(=O)O)n1C. The lowest BCUT2D eigenvalue weighted by Gasteiger charge is -2.05. The molecule has 0 saturated heterocycles. The Hall–Kier alpha value is -2.54. The lowest BCUT2D eigenvalue weighted by molar-refractivity contribution is 0.0686. The largest absolute Gasteiger partial charge is 0.477 e. The molecule has 0 amide bonds. The minimum absolute atomic E-state index is 0.0160. The fraction of sp³-hybridized carbons (Fsp3) is 0.133. The van der Waals surface area contributed by atoms with E-state index in [0.29, 0.717) is 5.69 Å². The Balaban J connectivity index is 2.21. The van der Waals surface area contributed by atoms with E-state index in [1.165, 1.54) is 23.7 Å². The van der Waals surface area contributed by atoms with Crippen LogP contribution in [0, 0.1) is 6.92 Å². The zero-order valence-corrected chi connectivity index (χ0v) is 12.8. The summed E-state index contributed by atoms with van der Waals surface area (Å²) in [7, 11) is -2.24. The van der Waals surface area contributed by atoms with Crippen molar-refractivity contribution in [3.05, 3.63) is 47.9 Å². The van der Waals surface area contributed by atoms with E-state index >= 15 is 0 Å². The number of sulfone groups is 1. The molecule has 0 spiro atoms. The van der Waals surface area contributed by atoms with Crippen molar-refractivity contribution in [2.24, 2.45) is 7.05 Å². The molecule has 0 saturated carbocycles. The summed E-state index contributed by atoms with van der Waals surface area (Å²) in [6.07, 6.45) is 1.73. The van der Waals surface area contributed by atoms with Crippen molar-refractivity contribution in [3.63, 3.8) is 0 Å². The Bertz CT molecular complexity index is 996. The van der Waals surface area contributed by atoms with Crippen LogP contribution in [0.1, 0.15) is 16.2 Å². The molecule has 3 aromatic rings. The third kappa shape index (κ3) is 2.01. The first kappa shape index (κ1) is 14.4. The molecule has 2 heterocycles. The molecular weight excluding hydrogens is 304 g/mol. The fourth-order valence-electron chi connectivity index (χ4n) is 2.47. The van der Waals surface area contributed by atoms with E-state index in [0.717, 1.165) is 10.9 Å². The van der Waals surface area contributed by atoms with Crippen LogP contribution in [0.4, 0.5) is 0 Å². The van der Waals surface area contributed by atoms with Gasteiger partial charge in [0.15, 0.2) is 0 Å².